The minimum absolute atomic E-state index is 0.0609. The fourth-order valence-corrected chi connectivity index (χ4v) is 5.93. The van der Waals surface area contributed by atoms with Crippen LogP contribution in [-0.2, 0) is 14.8 Å². The topological polar surface area (TPSA) is 85.0 Å². The molecule has 0 amide bonds. The Balaban J connectivity index is 1.55. The molecule has 9 heteroatoms. The first-order chi connectivity index (χ1) is 13.9. The van der Waals surface area contributed by atoms with Crippen LogP contribution < -0.4 is 5.76 Å². The third kappa shape index (κ3) is 4.14. The lowest BCUT2D eigenvalue weighted by molar-refractivity contribution is 0.0265. The van der Waals surface area contributed by atoms with Gasteiger partial charge in [0, 0.05) is 44.8 Å². The number of piperidine rings is 1. The van der Waals surface area contributed by atoms with E-state index in [1.54, 1.807) is 16.4 Å². The van der Waals surface area contributed by atoms with Gasteiger partial charge in [0.2, 0.25) is 10.0 Å². The monoisotopic (exact) mass is 423 g/mol. The van der Waals surface area contributed by atoms with E-state index in [9.17, 15) is 13.2 Å². The number of hydrogen-bond donors (Lipinski definition) is 0. The molecule has 0 saturated carbocycles. The van der Waals surface area contributed by atoms with Crippen molar-refractivity contribution < 1.29 is 17.6 Å². The van der Waals surface area contributed by atoms with Gasteiger partial charge in [-0.05, 0) is 44.7 Å². The van der Waals surface area contributed by atoms with Crippen LogP contribution in [0.4, 0.5) is 0 Å². The largest absolute Gasteiger partial charge is 0.420 e. The number of sulfonamides is 1. The standard InChI is InChI=1S/C20H29N3O5S/c1-15(2)23-18-6-5-17(12-19(18)28-20(23)24)29(25,26)22-7-3-4-16(14-22)13-21-8-10-27-11-9-21/h5-6,12,15-16H,3-4,7-11,13-14H2,1-2H3. The Kier molecular flexibility index (Phi) is 5.83. The molecular formula is C20H29N3O5S. The van der Waals surface area contributed by atoms with Crippen LogP contribution in [0.1, 0.15) is 32.7 Å². The van der Waals surface area contributed by atoms with Gasteiger partial charge in [-0.2, -0.15) is 4.31 Å². The van der Waals surface area contributed by atoms with Crippen molar-refractivity contribution in [3.63, 3.8) is 0 Å². The lowest BCUT2D eigenvalue weighted by atomic mass is 9.99. The zero-order chi connectivity index (χ0) is 20.6. The zero-order valence-corrected chi connectivity index (χ0v) is 17.9. The highest BCUT2D eigenvalue weighted by Gasteiger charge is 2.32. The second-order valence-electron chi connectivity index (χ2n) is 8.25. The summed E-state index contributed by atoms with van der Waals surface area (Å²) in [6.07, 6.45) is 1.89. The first-order valence-corrected chi connectivity index (χ1v) is 11.8. The number of morpholine rings is 1. The third-order valence-corrected chi connectivity index (χ3v) is 7.70. The summed E-state index contributed by atoms with van der Waals surface area (Å²) in [4.78, 5) is 14.6. The quantitative estimate of drug-likeness (QED) is 0.730. The number of ether oxygens (including phenoxy) is 1. The maximum Gasteiger partial charge on any atom is 0.420 e. The summed E-state index contributed by atoms with van der Waals surface area (Å²) in [6, 6.07) is 4.67. The van der Waals surface area contributed by atoms with Gasteiger partial charge < -0.3 is 9.15 Å². The average molecular weight is 424 g/mol. The summed E-state index contributed by atoms with van der Waals surface area (Å²) < 4.78 is 40.3. The Morgan fingerprint density at radius 3 is 2.66 bits per heavy atom. The third-order valence-electron chi connectivity index (χ3n) is 5.84. The van der Waals surface area contributed by atoms with E-state index in [-0.39, 0.29) is 10.9 Å². The predicted molar refractivity (Wildman–Crippen MR) is 110 cm³/mol. The number of nitrogens with zero attached hydrogens (tertiary/aromatic N) is 3. The lowest BCUT2D eigenvalue weighted by Crippen LogP contribution is -2.46. The Morgan fingerprint density at radius 2 is 1.93 bits per heavy atom. The molecule has 0 bridgehead atoms. The van der Waals surface area contributed by atoms with Crippen molar-refractivity contribution in [2.24, 2.45) is 5.92 Å². The number of benzene rings is 1. The molecule has 29 heavy (non-hydrogen) atoms. The summed E-state index contributed by atoms with van der Waals surface area (Å²) in [5.74, 6) is -0.145. The van der Waals surface area contributed by atoms with Crippen LogP contribution in [0.5, 0.6) is 0 Å². The summed E-state index contributed by atoms with van der Waals surface area (Å²) >= 11 is 0. The maximum atomic E-state index is 13.3. The normalized spacial score (nSPS) is 22.5. The molecule has 2 saturated heterocycles. The fraction of sp³-hybridized carbons (Fsp3) is 0.650. The van der Waals surface area contributed by atoms with E-state index in [0.29, 0.717) is 30.1 Å². The molecule has 0 radical (unpaired) electrons. The van der Waals surface area contributed by atoms with Crippen LogP contribution >= 0.6 is 0 Å². The highest BCUT2D eigenvalue weighted by molar-refractivity contribution is 7.89. The summed E-state index contributed by atoms with van der Waals surface area (Å²) in [7, 11) is -3.63. The molecule has 0 aliphatic carbocycles. The van der Waals surface area contributed by atoms with Gasteiger partial charge in [-0.3, -0.25) is 9.47 Å². The Bertz CT molecular complexity index is 1020. The molecule has 2 aliphatic rings. The van der Waals surface area contributed by atoms with Crippen molar-refractivity contribution in [3.8, 4) is 0 Å². The SMILES string of the molecule is CC(C)n1c(=O)oc2cc(S(=O)(=O)N3CCCC(CN4CCOCC4)C3)ccc21. The number of fused-ring (bicyclic) bond motifs is 1. The molecule has 4 rings (SSSR count). The molecule has 2 fully saturated rings. The molecule has 0 spiro atoms. The maximum absolute atomic E-state index is 13.3. The van der Waals surface area contributed by atoms with Crippen LogP contribution in [0.15, 0.2) is 32.3 Å². The van der Waals surface area contributed by atoms with Gasteiger partial charge in [0.15, 0.2) is 5.58 Å². The molecule has 1 aromatic carbocycles. The highest BCUT2D eigenvalue weighted by atomic mass is 32.2. The van der Waals surface area contributed by atoms with Gasteiger partial charge in [-0.25, -0.2) is 13.2 Å². The zero-order valence-electron chi connectivity index (χ0n) is 17.0. The minimum atomic E-state index is -3.63. The molecule has 8 nitrogen and oxygen atoms in total. The van der Waals surface area contributed by atoms with Crippen molar-refractivity contribution in [3.05, 3.63) is 28.7 Å². The smallest absolute Gasteiger partial charge is 0.408 e. The number of hydrogen-bond acceptors (Lipinski definition) is 6. The van der Waals surface area contributed by atoms with E-state index < -0.39 is 15.8 Å². The number of oxazole rings is 1. The molecular weight excluding hydrogens is 394 g/mol. The van der Waals surface area contributed by atoms with E-state index >= 15 is 0 Å². The van der Waals surface area contributed by atoms with Crippen LogP contribution in [0.3, 0.4) is 0 Å². The highest BCUT2D eigenvalue weighted by Crippen LogP contribution is 2.27. The van der Waals surface area contributed by atoms with E-state index in [1.807, 2.05) is 13.8 Å². The van der Waals surface area contributed by atoms with E-state index in [2.05, 4.69) is 4.90 Å². The molecule has 1 aromatic heterocycles. The van der Waals surface area contributed by atoms with Crippen molar-refractivity contribution in [2.45, 2.75) is 37.6 Å². The molecule has 1 unspecified atom stereocenters. The van der Waals surface area contributed by atoms with Gasteiger partial charge in [-0.1, -0.05) is 0 Å². The Hall–Kier alpha value is -1.68. The van der Waals surface area contributed by atoms with Gasteiger partial charge in [0.25, 0.3) is 0 Å². The molecule has 3 heterocycles. The van der Waals surface area contributed by atoms with Crippen molar-refractivity contribution in [2.75, 3.05) is 45.9 Å². The lowest BCUT2D eigenvalue weighted by Gasteiger charge is -2.36. The average Bonchev–Trinajstić information content (AvgIpc) is 3.04. The van der Waals surface area contributed by atoms with Crippen LogP contribution in [-0.4, -0.2) is 68.1 Å². The summed E-state index contributed by atoms with van der Waals surface area (Å²) in [5, 5.41) is 0. The molecule has 2 aliphatic heterocycles. The summed E-state index contributed by atoms with van der Waals surface area (Å²) in [5.41, 5.74) is 0.930. The van der Waals surface area contributed by atoms with Crippen molar-refractivity contribution in [1.29, 1.82) is 0 Å². The number of aromatic nitrogens is 1. The van der Waals surface area contributed by atoms with Crippen LogP contribution in [0.2, 0.25) is 0 Å². The first-order valence-electron chi connectivity index (χ1n) is 10.3. The second kappa shape index (κ2) is 8.22. The predicted octanol–water partition coefficient (Wildman–Crippen LogP) is 1.91. The van der Waals surface area contributed by atoms with Gasteiger partial charge in [0.05, 0.1) is 23.6 Å². The molecule has 1 atom stereocenters. The molecule has 160 valence electrons. The number of rotatable bonds is 5. The fourth-order valence-electron chi connectivity index (χ4n) is 4.36. The van der Waals surface area contributed by atoms with Gasteiger partial charge in [-0.15, -0.1) is 0 Å². The Labute approximate surface area is 171 Å². The van der Waals surface area contributed by atoms with E-state index in [4.69, 9.17) is 9.15 Å². The molecule has 0 N–H and O–H groups in total. The van der Waals surface area contributed by atoms with Crippen LogP contribution in [0, 0.1) is 5.92 Å². The first kappa shape index (κ1) is 20.6. The second-order valence-corrected chi connectivity index (χ2v) is 10.2. The van der Waals surface area contributed by atoms with Crippen molar-refractivity contribution >= 4 is 21.1 Å². The Morgan fingerprint density at radius 1 is 1.17 bits per heavy atom. The van der Waals surface area contributed by atoms with E-state index in [1.165, 1.54) is 10.6 Å². The minimum Gasteiger partial charge on any atom is -0.408 e. The van der Waals surface area contributed by atoms with Crippen LogP contribution in [0.25, 0.3) is 11.1 Å². The molecule has 2 aromatic rings. The van der Waals surface area contributed by atoms with E-state index in [0.717, 1.165) is 45.7 Å². The van der Waals surface area contributed by atoms with Gasteiger partial charge >= 0.3 is 5.76 Å². The summed E-state index contributed by atoms with van der Waals surface area (Å²) in [6.45, 7) is 9.04. The van der Waals surface area contributed by atoms with Crippen molar-refractivity contribution in [1.82, 2.24) is 13.8 Å². The van der Waals surface area contributed by atoms with Gasteiger partial charge in [0.1, 0.15) is 0 Å².